The molecule has 2 N–H and O–H groups in total. The predicted molar refractivity (Wildman–Crippen MR) is 65.2 cm³/mol. The van der Waals surface area contributed by atoms with Gasteiger partial charge in [-0.1, -0.05) is 6.07 Å². The fraction of sp³-hybridized carbons (Fsp3) is 0.500. The number of thioether (sulfide) groups is 1. The van der Waals surface area contributed by atoms with Gasteiger partial charge in [0, 0.05) is 6.54 Å². The van der Waals surface area contributed by atoms with Crippen molar-refractivity contribution in [3.63, 3.8) is 0 Å². The number of phenols is 1. The third-order valence-corrected chi connectivity index (χ3v) is 4.03. The first-order valence-corrected chi connectivity index (χ1v) is 6.67. The lowest BCUT2D eigenvalue weighted by molar-refractivity contribution is 0.431. The SMILES string of the molecule is Oc1ccc(CNCC2CCSC2)cc1F. The van der Waals surface area contributed by atoms with Crippen LogP contribution in [-0.4, -0.2) is 23.2 Å². The maximum atomic E-state index is 13.0. The number of phenolic OH excluding ortho intramolecular Hbond substituents is 1. The van der Waals surface area contributed by atoms with Gasteiger partial charge >= 0.3 is 0 Å². The van der Waals surface area contributed by atoms with Gasteiger partial charge in [0.05, 0.1) is 0 Å². The molecule has 1 aliphatic heterocycles. The topological polar surface area (TPSA) is 32.3 Å². The number of hydrogen-bond acceptors (Lipinski definition) is 3. The molecule has 1 saturated heterocycles. The number of nitrogens with one attached hydrogen (secondary N) is 1. The maximum Gasteiger partial charge on any atom is 0.165 e. The van der Waals surface area contributed by atoms with Crippen LogP contribution < -0.4 is 5.32 Å². The molecule has 0 aromatic heterocycles. The van der Waals surface area contributed by atoms with Crippen LogP contribution in [0.4, 0.5) is 4.39 Å². The fourth-order valence-corrected chi connectivity index (χ4v) is 3.11. The first kappa shape index (κ1) is 11.7. The molecule has 0 spiro atoms. The zero-order valence-corrected chi connectivity index (χ0v) is 9.89. The number of rotatable bonds is 4. The summed E-state index contributed by atoms with van der Waals surface area (Å²) in [6.45, 7) is 1.66. The van der Waals surface area contributed by atoms with Crippen LogP contribution in [0.1, 0.15) is 12.0 Å². The van der Waals surface area contributed by atoms with Crippen LogP contribution in [0.2, 0.25) is 0 Å². The quantitative estimate of drug-likeness (QED) is 0.849. The highest BCUT2D eigenvalue weighted by atomic mass is 32.2. The molecule has 4 heteroatoms. The zero-order chi connectivity index (χ0) is 11.4. The summed E-state index contributed by atoms with van der Waals surface area (Å²) in [7, 11) is 0. The molecule has 2 rings (SSSR count). The Morgan fingerprint density at radius 3 is 3.06 bits per heavy atom. The standard InChI is InChI=1S/C12H16FNOS/c13-11-5-9(1-2-12(11)15)6-14-7-10-3-4-16-8-10/h1-2,5,10,14-15H,3-4,6-8H2. The lowest BCUT2D eigenvalue weighted by Gasteiger charge is -2.10. The molecule has 0 amide bonds. The van der Waals surface area contributed by atoms with Crippen LogP contribution in [0.5, 0.6) is 5.75 Å². The smallest absolute Gasteiger partial charge is 0.165 e. The highest BCUT2D eigenvalue weighted by molar-refractivity contribution is 7.99. The molecule has 2 nitrogen and oxygen atoms in total. The molecule has 0 saturated carbocycles. The molecule has 1 fully saturated rings. The van der Waals surface area contributed by atoms with Crippen LogP contribution in [0, 0.1) is 11.7 Å². The van der Waals surface area contributed by atoms with Gasteiger partial charge in [0.2, 0.25) is 0 Å². The van der Waals surface area contributed by atoms with Gasteiger partial charge in [-0.05, 0) is 48.1 Å². The molecule has 0 bridgehead atoms. The first-order valence-electron chi connectivity index (χ1n) is 5.51. The highest BCUT2D eigenvalue weighted by Crippen LogP contribution is 2.22. The Morgan fingerprint density at radius 1 is 1.50 bits per heavy atom. The van der Waals surface area contributed by atoms with E-state index in [9.17, 15) is 4.39 Å². The summed E-state index contributed by atoms with van der Waals surface area (Å²) >= 11 is 2.00. The molecule has 88 valence electrons. The molecular weight excluding hydrogens is 225 g/mol. The summed E-state index contributed by atoms with van der Waals surface area (Å²) in [4.78, 5) is 0. The van der Waals surface area contributed by atoms with Gasteiger partial charge in [0.15, 0.2) is 11.6 Å². The van der Waals surface area contributed by atoms with E-state index in [0.717, 1.165) is 18.0 Å². The second-order valence-electron chi connectivity index (χ2n) is 4.15. The molecule has 1 aromatic carbocycles. The van der Waals surface area contributed by atoms with Gasteiger partial charge in [-0.15, -0.1) is 0 Å². The third-order valence-electron chi connectivity index (χ3n) is 2.80. The van der Waals surface area contributed by atoms with E-state index < -0.39 is 5.82 Å². The average Bonchev–Trinajstić information content (AvgIpc) is 2.76. The average molecular weight is 241 g/mol. The van der Waals surface area contributed by atoms with Crippen LogP contribution in [-0.2, 0) is 6.54 Å². The van der Waals surface area contributed by atoms with E-state index in [0.29, 0.717) is 6.54 Å². The Labute approximate surface area is 99.2 Å². The molecule has 1 atom stereocenters. The fourth-order valence-electron chi connectivity index (χ4n) is 1.83. The molecule has 1 heterocycles. The summed E-state index contributed by atoms with van der Waals surface area (Å²) < 4.78 is 13.0. The number of halogens is 1. The number of hydrogen-bond donors (Lipinski definition) is 2. The highest BCUT2D eigenvalue weighted by Gasteiger charge is 2.14. The van der Waals surface area contributed by atoms with Crippen LogP contribution in [0.15, 0.2) is 18.2 Å². The largest absolute Gasteiger partial charge is 0.505 e. The Balaban J connectivity index is 1.78. The van der Waals surface area contributed by atoms with Gasteiger partial charge in [-0.25, -0.2) is 4.39 Å². The minimum absolute atomic E-state index is 0.282. The van der Waals surface area contributed by atoms with Crippen LogP contribution in [0.25, 0.3) is 0 Å². The van der Waals surface area contributed by atoms with Gasteiger partial charge < -0.3 is 10.4 Å². The van der Waals surface area contributed by atoms with E-state index in [1.54, 1.807) is 6.07 Å². The third kappa shape index (κ3) is 3.12. The van der Waals surface area contributed by atoms with Crippen molar-refractivity contribution in [1.82, 2.24) is 5.32 Å². The van der Waals surface area contributed by atoms with Crippen molar-refractivity contribution in [1.29, 1.82) is 0 Å². The minimum atomic E-state index is -0.546. The Hall–Kier alpha value is -0.740. The molecule has 16 heavy (non-hydrogen) atoms. The van der Waals surface area contributed by atoms with Gasteiger partial charge in [0.1, 0.15) is 0 Å². The summed E-state index contributed by atoms with van der Waals surface area (Å²) in [6, 6.07) is 4.53. The number of aromatic hydroxyl groups is 1. The van der Waals surface area contributed by atoms with E-state index in [4.69, 9.17) is 5.11 Å². The molecule has 0 aliphatic carbocycles. The van der Waals surface area contributed by atoms with E-state index in [1.807, 2.05) is 11.8 Å². The Bertz CT molecular complexity index is 353. The second kappa shape index (κ2) is 5.55. The van der Waals surface area contributed by atoms with Crippen molar-refractivity contribution >= 4 is 11.8 Å². The molecule has 1 aromatic rings. The van der Waals surface area contributed by atoms with Gasteiger partial charge in [-0.3, -0.25) is 0 Å². The molecule has 0 radical (unpaired) electrons. The van der Waals surface area contributed by atoms with E-state index in [2.05, 4.69) is 5.32 Å². The monoisotopic (exact) mass is 241 g/mol. The van der Waals surface area contributed by atoms with E-state index in [-0.39, 0.29) is 5.75 Å². The zero-order valence-electron chi connectivity index (χ0n) is 9.08. The van der Waals surface area contributed by atoms with Gasteiger partial charge in [0.25, 0.3) is 0 Å². The van der Waals surface area contributed by atoms with Gasteiger partial charge in [-0.2, -0.15) is 11.8 Å². The second-order valence-corrected chi connectivity index (χ2v) is 5.30. The summed E-state index contributed by atoms with van der Waals surface area (Å²) in [5, 5.41) is 12.4. The van der Waals surface area contributed by atoms with E-state index in [1.165, 1.54) is 30.1 Å². The van der Waals surface area contributed by atoms with E-state index >= 15 is 0 Å². The van der Waals surface area contributed by atoms with Crippen molar-refractivity contribution in [3.8, 4) is 5.75 Å². The molecule has 1 aliphatic rings. The maximum absolute atomic E-state index is 13.0. The lowest BCUT2D eigenvalue weighted by Crippen LogP contribution is -2.22. The van der Waals surface area contributed by atoms with Crippen molar-refractivity contribution in [3.05, 3.63) is 29.6 Å². The van der Waals surface area contributed by atoms with Crippen molar-refractivity contribution in [2.45, 2.75) is 13.0 Å². The Kier molecular flexibility index (Phi) is 4.07. The first-order chi connectivity index (χ1) is 7.75. The van der Waals surface area contributed by atoms with Crippen LogP contribution >= 0.6 is 11.8 Å². The normalized spacial score (nSPS) is 20.2. The lowest BCUT2D eigenvalue weighted by atomic mass is 10.1. The summed E-state index contributed by atoms with van der Waals surface area (Å²) in [5.74, 6) is 2.43. The summed E-state index contributed by atoms with van der Waals surface area (Å²) in [5.41, 5.74) is 0.876. The molecule has 1 unspecified atom stereocenters. The predicted octanol–water partition coefficient (Wildman–Crippen LogP) is 2.37. The van der Waals surface area contributed by atoms with Crippen LogP contribution in [0.3, 0.4) is 0 Å². The van der Waals surface area contributed by atoms with Crippen molar-refractivity contribution in [2.24, 2.45) is 5.92 Å². The Morgan fingerprint density at radius 2 is 2.38 bits per heavy atom. The van der Waals surface area contributed by atoms with Crippen molar-refractivity contribution in [2.75, 3.05) is 18.1 Å². The molecular formula is C12H16FNOS. The number of benzene rings is 1. The minimum Gasteiger partial charge on any atom is -0.505 e. The van der Waals surface area contributed by atoms with Crippen molar-refractivity contribution < 1.29 is 9.50 Å². The summed E-state index contributed by atoms with van der Waals surface area (Å²) in [6.07, 6.45) is 1.28.